The van der Waals surface area contributed by atoms with Crippen LogP contribution in [-0.2, 0) is 0 Å². The largest absolute Gasteiger partial charge is 0.398 e. The van der Waals surface area contributed by atoms with Gasteiger partial charge in [-0.1, -0.05) is 17.7 Å². The smallest absolute Gasteiger partial charge is 0.293 e. The number of Topliss-reactive ketones (excluding diaryl/α,β-unsaturated/α-hetero) is 1. The molecule has 4 heteroatoms. The zero-order valence-electron chi connectivity index (χ0n) is 10.3. The summed E-state index contributed by atoms with van der Waals surface area (Å²) in [5, 5.41) is 0. The fraction of sp³-hybridized carbons (Fsp3) is 0.462. The summed E-state index contributed by atoms with van der Waals surface area (Å²) in [6, 6.07) is 3.45. The van der Waals surface area contributed by atoms with Crippen molar-refractivity contribution in [1.29, 1.82) is 0 Å². The topological polar surface area (TPSA) is 17.1 Å². The predicted molar refractivity (Wildman–Crippen MR) is 60.2 cm³/mol. The highest BCUT2D eigenvalue weighted by Crippen LogP contribution is 2.30. The molecule has 0 saturated heterocycles. The summed E-state index contributed by atoms with van der Waals surface area (Å²) in [6.45, 7) is 6.08. The molecule has 0 aliphatic heterocycles. The van der Waals surface area contributed by atoms with Gasteiger partial charge in [0.15, 0.2) is 5.78 Å². The first-order valence-electron chi connectivity index (χ1n) is 5.33. The number of carbonyl (C=O) groups is 1. The Morgan fingerprint density at radius 2 is 1.53 bits per heavy atom. The lowest BCUT2D eigenvalue weighted by molar-refractivity contribution is -0.155. The summed E-state index contributed by atoms with van der Waals surface area (Å²) in [6.07, 6.45) is -4.49. The molecule has 0 aromatic heterocycles. The number of hydrogen-bond acceptors (Lipinski definition) is 1. The number of carbonyl (C=O) groups excluding carboxylic acids is 1. The molecule has 0 bridgehead atoms. The van der Waals surface area contributed by atoms with E-state index >= 15 is 0 Å². The van der Waals surface area contributed by atoms with Crippen LogP contribution in [0, 0.1) is 26.7 Å². The van der Waals surface area contributed by atoms with Crippen LogP contribution in [0.25, 0.3) is 0 Å². The Labute approximate surface area is 98.6 Å². The minimum Gasteiger partial charge on any atom is -0.293 e. The number of ketones is 1. The van der Waals surface area contributed by atoms with Crippen molar-refractivity contribution in [3.05, 3.63) is 34.4 Å². The first-order chi connectivity index (χ1) is 7.64. The first-order valence-corrected chi connectivity index (χ1v) is 5.33. The molecule has 94 valence electrons. The zero-order chi connectivity index (χ0) is 13.4. The zero-order valence-corrected chi connectivity index (χ0v) is 10.3. The number of aryl methyl sites for hydroxylation is 3. The SMILES string of the molecule is Cc1cc(C)c(C(=O)C(C)C(F)(F)F)c(C)c1. The van der Waals surface area contributed by atoms with Gasteiger partial charge in [0.1, 0.15) is 5.92 Å². The van der Waals surface area contributed by atoms with Crippen LogP contribution in [0.2, 0.25) is 0 Å². The van der Waals surface area contributed by atoms with Gasteiger partial charge in [0.05, 0.1) is 0 Å². The van der Waals surface area contributed by atoms with Gasteiger partial charge in [-0.2, -0.15) is 13.2 Å². The van der Waals surface area contributed by atoms with E-state index in [1.165, 1.54) is 0 Å². The van der Waals surface area contributed by atoms with Crippen molar-refractivity contribution in [2.24, 2.45) is 5.92 Å². The van der Waals surface area contributed by atoms with Gasteiger partial charge in [0.25, 0.3) is 0 Å². The van der Waals surface area contributed by atoms with E-state index in [1.54, 1.807) is 26.0 Å². The molecule has 0 heterocycles. The van der Waals surface area contributed by atoms with Crippen molar-refractivity contribution >= 4 is 5.78 Å². The highest BCUT2D eigenvalue weighted by molar-refractivity contribution is 6.00. The van der Waals surface area contributed by atoms with E-state index < -0.39 is 17.9 Å². The minimum atomic E-state index is -4.49. The van der Waals surface area contributed by atoms with Gasteiger partial charge in [0, 0.05) is 5.56 Å². The molecule has 1 nitrogen and oxygen atoms in total. The van der Waals surface area contributed by atoms with Crippen LogP contribution < -0.4 is 0 Å². The standard InChI is InChI=1S/C13H15F3O/c1-7-5-8(2)11(9(3)6-7)12(17)10(4)13(14,15)16/h5-6,10H,1-4H3. The molecule has 0 aliphatic rings. The maximum Gasteiger partial charge on any atom is 0.398 e. The second-order valence-electron chi connectivity index (χ2n) is 4.40. The van der Waals surface area contributed by atoms with E-state index in [4.69, 9.17) is 0 Å². The van der Waals surface area contributed by atoms with Gasteiger partial charge >= 0.3 is 6.18 Å². The van der Waals surface area contributed by atoms with Crippen LogP contribution in [0.1, 0.15) is 34.0 Å². The lowest BCUT2D eigenvalue weighted by atomic mass is 9.90. The molecular weight excluding hydrogens is 229 g/mol. The van der Waals surface area contributed by atoms with E-state index in [2.05, 4.69) is 0 Å². The van der Waals surface area contributed by atoms with Crippen LogP contribution >= 0.6 is 0 Å². The summed E-state index contributed by atoms with van der Waals surface area (Å²) in [7, 11) is 0. The quantitative estimate of drug-likeness (QED) is 0.719. The molecule has 1 rings (SSSR count). The molecular formula is C13H15F3O. The van der Waals surface area contributed by atoms with Crippen molar-refractivity contribution in [2.75, 3.05) is 0 Å². The van der Waals surface area contributed by atoms with Gasteiger partial charge in [-0.3, -0.25) is 4.79 Å². The average Bonchev–Trinajstić information content (AvgIpc) is 2.13. The van der Waals surface area contributed by atoms with Crippen LogP contribution in [0.4, 0.5) is 13.2 Å². The van der Waals surface area contributed by atoms with Crippen molar-refractivity contribution in [3.63, 3.8) is 0 Å². The van der Waals surface area contributed by atoms with Crippen LogP contribution in [0.15, 0.2) is 12.1 Å². The molecule has 0 N–H and O–H groups in total. The molecule has 1 atom stereocenters. The van der Waals surface area contributed by atoms with Gasteiger partial charge in [-0.25, -0.2) is 0 Å². The minimum absolute atomic E-state index is 0.195. The summed E-state index contributed by atoms with van der Waals surface area (Å²) >= 11 is 0. The fourth-order valence-electron chi connectivity index (χ4n) is 1.93. The maximum absolute atomic E-state index is 12.5. The molecule has 0 saturated carbocycles. The van der Waals surface area contributed by atoms with Crippen molar-refractivity contribution in [2.45, 2.75) is 33.9 Å². The maximum atomic E-state index is 12.5. The molecule has 17 heavy (non-hydrogen) atoms. The number of benzene rings is 1. The van der Waals surface area contributed by atoms with Gasteiger partial charge in [-0.15, -0.1) is 0 Å². The van der Waals surface area contributed by atoms with Gasteiger partial charge in [0.2, 0.25) is 0 Å². The summed E-state index contributed by atoms with van der Waals surface area (Å²) in [5.41, 5.74) is 2.34. The Balaban J connectivity index is 3.22. The van der Waals surface area contributed by atoms with E-state index in [-0.39, 0.29) is 5.56 Å². The predicted octanol–water partition coefficient (Wildman–Crippen LogP) is 3.99. The average molecular weight is 244 g/mol. The van der Waals surface area contributed by atoms with Gasteiger partial charge < -0.3 is 0 Å². The van der Waals surface area contributed by atoms with E-state index in [0.717, 1.165) is 12.5 Å². The molecule has 0 radical (unpaired) electrons. The lowest BCUT2D eigenvalue weighted by Crippen LogP contribution is -2.29. The van der Waals surface area contributed by atoms with Crippen LogP contribution in [0.3, 0.4) is 0 Å². The van der Waals surface area contributed by atoms with Crippen molar-refractivity contribution < 1.29 is 18.0 Å². The fourth-order valence-corrected chi connectivity index (χ4v) is 1.93. The monoisotopic (exact) mass is 244 g/mol. The second-order valence-corrected chi connectivity index (χ2v) is 4.40. The van der Waals surface area contributed by atoms with Crippen LogP contribution in [-0.4, -0.2) is 12.0 Å². The molecule has 0 amide bonds. The van der Waals surface area contributed by atoms with Crippen molar-refractivity contribution in [3.8, 4) is 0 Å². The number of alkyl halides is 3. The van der Waals surface area contributed by atoms with E-state index in [1.807, 2.05) is 6.92 Å². The van der Waals surface area contributed by atoms with E-state index in [9.17, 15) is 18.0 Å². The van der Waals surface area contributed by atoms with E-state index in [0.29, 0.717) is 11.1 Å². The summed E-state index contributed by atoms with van der Waals surface area (Å²) < 4.78 is 37.5. The summed E-state index contributed by atoms with van der Waals surface area (Å²) in [4.78, 5) is 11.8. The van der Waals surface area contributed by atoms with Crippen LogP contribution in [0.5, 0.6) is 0 Å². The molecule has 0 fully saturated rings. The Bertz CT molecular complexity index is 423. The highest BCUT2D eigenvalue weighted by Gasteiger charge is 2.41. The third-order valence-electron chi connectivity index (χ3n) is 2.81. The number of hydrogen-bond donors (Lipinski definition) is 0. The Morgan fingerprint density at radius 1 is 1.12 bits per heavy atom. The van der Waals surface area contributed by atoms with Gasteiger partial charge in [-0.05, 0) is 38.8 Å². The Morgan fingerprint density at radius 3 is 1.88 bits per heavy atom. The second kappa shape index (κ2) is 4.51. The number of rotatable bonds is 2. The normalized spacial score (nSPS) is 13.6. The summed E-state index contributed by atoms with van der Waals surface area (Å²) in [5.74, 6) is -2.81. The third-order valence-corrected chi connectivity index (χ3v) is 2.81. The van der Waals surface area contributed by atoms with Crippen molar-refractivity contribution in [1.82, 2.24) is 0 Å². The first kappa shape index (κ1) is 13.7. The Kier molecular flexibility index (Phi) is 3.65. The Hall–Kier alpha value is -1.32. The third kappa shape index (κ3) is 2.87. The molecule has 0 spiro atoms. The lowest BCUT2D eigenvalue weighted by Gasteiger charge is -2.17. The molecule has 1 unspecified atom stereocenters. The molecule has 0 aliphatic carbocycles. The molecule has 1 aromatic rings. The number of halogens is 3. The molecule has 1 aromatic carbocycles. The highest BCUT2D eigenvalue weighted by atomic mass is 19.4.